The van der Waals surface area contributed by atoms with Gasteiger partial charge in [-0.15, -0.1) is 0 Å². The molecule has 5 heteroatoms. The van der Waals surface area contributed by atoms with Gasteiger partial charge in [0.25, 0.3) is 0 Å². The molecule has 0 saturated carbocycles. The third-order valence-electron chi connectivity index (χ3n) is 3.88. The van der Waals surface area contributed by atoms with E-state index < -0.39 is 5.97 Å². The Hall–Kier alpha value is -1.10. The highest BCUT2D eigenvalue weighted by atomic mass is 16.4. The van der Waals surface area contributed by atoms with Crippen molar-refractivity contribution in [3.63, 3.8) is 0 Å². The molecule has 0 spiro atoms. The summed E-state index contributed by atoms with van der Waals surface area (Å²) in [6.45, 7) is 7.56. The lowest BCUT2D eigenvalue weighted by Gasteiger charge is -2.29. The predicted octanol–water partition coefficient (Wildman–Crippen LogP) is 1.63. The third-order valence-corrected chi connectivity index (χ3v) is 3.88. The van der Waals surface area contributed by atoms with E-state index in [4.69, 9.17) is 5.11 Å². The Balaban J connectivity index is 2.44. The van der Waals surface area contributed by atoms with E-state index in [9.17, 15) is 9.59 Å². The van der Waals surface area contributed by atoms with Crippen LogP contribution in [0.2, 0.25) is 0 Å². The number of hydrogen-bond donors (Lipinski definition) is 3. The molecule has 0 aromatic heterocycles. The summed E-state index contributed by atoms with van der Waals surface area (Å²) in [4.78, 5) is 23.0. The molecular weight excluding hydrogens is 256 g/mol. The second kappa shape index (κ2) is 8.25. The molecule has 3 atom stereocenters. The van der Waals surface area contributed by atoms with E-state index in [1.807, 2.05) is 0 Å². The molecule has 116 valence electrons. The van der Waals surface area contributed by atoms with Gasteiger partial charge in [-0.2, -0.15) is 0 Å². The summed E-state index contributed by atoms with van der Waals surface area (Å²) in [5, 5.41) is 15.1. The zero-order valence-electron chi connectivity index (χ0n) is 12.8. The van der Waals surface area contributed by atoms with Crippen LogP contribution in [0.3, 0.4) is 0 Å². The molecule has 1 amide bonds. The Bertz CT molecular complexity index is 331. The molecule has 2 unspecified atom stereocenters. The summed E-state index contributed by atoms with van der Waals surface area (Å²) in [7, 11) is 0. The fraction of sp³-hybridized carbons (Fsp3) is 0.867. The fourth-order valence-corrected chi connectivity index (χ4v) is 2.91. The van der Waals surface area contributed by atoms with E-state index in [0.717, 1.165) is 25.8 Å². The van der Waals surface area contributed by atoms with Crippen LogP contribution in [0.15, 0.2) is 0 Å². The van der Waals surface area contributed by atoms with Crippen LogP contribution in [0.5, 0.6) is 0 Å². The van der Waals surface area contributed by atoms with E-state index >= 15 is 0 Å². The van der Waals surface area contributed by atoms with Gasteiger partial charge in [-0.25, -0.2) is 0 Å². The first-order valence-electron chi connectivity index (χ1n) is 7.63. The van der Waals surface area contributed by atoms with Gasteiger partial charge in [0.15, 0.2) is 0 Å². The van der Waals surface area contributed by atoms with Gasteiger partial charge < -0.3 is 15.7 Å². The highest BCUT2D eigenvalue weighted by Crippen LogP contribution is 2.17. The molecule has 3 N–H and O–H groups in total. The van der Waals surface area contributed by atoms with E-state index in [0.29, 0.717) is 18.4 Å². The Kier molecular flexibility index (Phi) is 6.99. The highest BCUT2D eigenvalue weighted by molar-refractivity contribution is 5.82. The number of amides is 1. The third kappa shape index (κ3) is 5.90. The van der Waals surface area contributed by atoms with Crippen LogP contribution in [0.25, 0.3) is 0 Å². The second-order valence-electron chi connectivity index (χ2n) is 6.39. The van der Waals surface area contributed by atoms with Crippen LogP contribution >= 0.6 is 0 Å². The lowest BCUT2D eigenvalue weighted by atomic mass is 9.91. The monoisotopic (exact) mass is 284 g/mol. The average molecular weight is 284 g/mol. The number of carboxylic acid groups (broad SMARTS) is 1. The molecule has 1 heterocycles. The minimum Gasteiger partial charge on any atom is -0.481 e. The number of carbonyl (C=O) groups is 2. The van der Waals surface area contributed by atoms with Crippen molar-refractivity contribution in [3.05, 3.63) is 0 Å². The van der Waals surface area contributed by atoms with Crippen LogP contribution < -0.4 is 10.6 Å². The SMILES string of the molecule is CC(C)C[C@H](CNC(=O)C1NCCCC1C)CC(=O)O. The molecule has 0 radical (unpaired) electrons. The van der Waals surface area contributed by atoms with Crippen molar-refractivity contribution >= 4 is 11.9 Å². The highest BCUT2D eigenvalue weighted by Gasteiger charge is 2.27. The van der Waals surface area contributed by atoms with E-state index in [1.54, 1.807) is 0 Å². The fourth-order valence-electron chi connectivity index (χ4n) is 2.91. The lowest BCUT2D eigenvalue weighted by molar-refractivity contribution is -0.138. The molecule has 1 aliphatic heterocycles. The molecule has 5 nitrogen and oxygen atoms in total. The summed E-state index contributed by atoms with van der Waals surface area (Å²) < 4.78 is 0. The quantitative estimate of drug-likeness (QED) is 0.664. The number of nitrogens with one attached hydrogen (secondary N) is 2. The first-order chi connectivity index (χ1) is 9.40. The molecule has 0 aromatic carbocycles. The van der Waals surface area contributed by atoms with Gasteiger partial charge in [0.1, 0.15) is 0 Å². The van der Waals surface area contributed by atoms with E-state index in [1.165, 1.54) is 0 Å². The topological polar surface area (TPSA) is 78.4 Å². The number of aliphatic carboxylic acids is 1. The Morgan fingerprint density at radius 3 is 2.65 bits per heavy atom. The standard InChI is InChI=1S/C15H28N2O3/c1-10(2)7-12(8-13(18)19)9-17-15(20)14-11(3)5-4-6-16-14/h10-12,14,16H,4-9H2,1-3H3,(H,17,20)(H,18,19)/t11?,12-,14?/m0/s1. The molecule has 0 aromatic rings. The summed E-state index contributed by atoms with van der Waals surface area (Å²) in [6, 6.07) is -0.131. The zero-order valence-corrected chi connectivity index (χ0v) is 12.8. The number of carbonyl (C=O) groups excluding carboxylic acids is 1. The molecular formula is C15H28N2O3. The first-order valence-corrected chi connectivity index (χ1v) is 7.63. The van der Waals surface area contributed by atoms with Crippen LogP contribution in [-0.4, -0.2) is 36.1 Å². The van der Waals surface area contributed by atoms with Crippen molar-refractivity contribution in [1.82, 2.24) is 10.6 Å². The minimum absolute atomic E-state index is 0.00958. The van der Waals surface area contributed by atoms with Crippen molar-refractivity contribution in [2.45, 2.75) is 52.5 Å². The summed E-state index contributed by atoms with van der Waals surface area (Å²) >= 11 is 0. The van der Waals surface area contributed by atoms with Gasteiger partial charge in [-0.3, -0.25) is 9.59 Å². The summed E-state index contributed by atoms with van der Waals surface area (Å²) in [5.41, 5.74) is 0. The van der Waals surface area contributed by atoms with Gasteiger partial charge in [0.2, 0.25) is 5.91 Å². The average Bonchev–Trinajstić information content (AvgIpc) is 2.34. The lowest BCUT2D eigenvalue weighted by Crippen LogP contribution is -2.51. The van der Waals surface area contributed by atoms with Crippen LogP contribution in [0, 0.1) is 17.8 Å². The largest absolute Gasteiger partial charge is 0.481 e. The van der Waals surface area contributed by atoms with Crippen LogP contribution in [0.4, 0.5) is 0 Å². The Morgan fingerprint density at radius 2 is 2.10 bits per heavy atom. The Labute approximate surface area is 121 Å². The maximum Gasteiger partial charge on any atom is 0.303 e. The number of carboxylic acids is 1. The molecule has 0 aliphatic carbocycles. The van der Waals surface area contributed by atoms with Crippen molar-refractivity contribution in [2.24, 2.45) is 17.8 Å². The predicted molar refractivity (Wildman–Crippen MR) is 78.4 cm³/mol. The van der Waals surface area contributed by atoms with Crippen LogP contribution in [-0.2, 0) is 9.59 Å². The van der Waals surface area contributed by atoms with Crippen LogP contribution in [0.1, 0.15) is 46.5 Å². The molecule has 1 fully saturated rings. The second-order valence-corrected chi connectivity index (χ2v) is 6.39. The Morgan fingerprint density at radius 1 is 1.40 bits per heavy atom. The molecule has 1 saturated heterocycles. The van der Waals surface area contributed by atoms with Gasteiger partial charge >= 0.3 is 5.97 Å². The van der Waals surface area contributed by atoms with E-state index in [-0.39, 0.29) is 24.3 Å². The maximum absolute atomic E-state index is 12.2. The van der Waals surface area contributed by atoms with Gasteiger partial charge in [-0.1, -0.05) is 20.8 Å². The normalized spacial score (nSPS) is 24.4. The minimum atomic E-state index is -0.797. The van der Waals surface area contributed by atoms with Crippen molar-refractivity contribution in [3.8, 4) is 0 Å². The van der Waals surface area contributed by atoms with Gasteiger partial charge in [-0.05, 0) is 43.6 Å². The zero-order chi connectivity index (χ0) is 15.1. The smallest absolute Gasteiger partial charge is 0.303 e. The molecule has 1 rings (SSSR count). The number of rotatable bonds is 7. The van der Waals surface area contributed by atoms with Crippen molar-refractivity contribution < 1.29 is 14.7 Å². The van der Waals surface area contributed by atoms with Crippen molar-refractivity contribution in [2.75, 3.05) is 13.1 Å². The molecule has 0 bridgehead atoms. The first kappa shape index (κ1) is 17.0. The number of piperidine rings is 1. The van der Waals surface area contributed by atoms with Crippen molar-refractivity contribution in [1.29, 1.82) is 0 Å². The summed E-state index contributed by atoms with van der Waals surface area (Å²) in [6.07, 6.45) is 3.11. The molecule has 1 aliphatic rings. The summed E-state index contributed by atoms with van der Waals surface area (Å²) in [5.74, 6) is -0.00416. The van der Waals surface area contributed by atoms with Gasteiger partial charge in [0.05, 0.1) is 6.04 Å². The maximum atomic E-state index is 12.2. The number of hydrogen-bond acceptors (Lipinski definition) is 3. The molecule has 20 heavy (non-hydrogen) atoms. The van der Waals surface area contributed by atoms with E-state index in [2.05, 4.69) is 31.4 Å². The van der Waals surface area contributed by atoms with Gasteiger partial charge in [0, 0.05) is 13.0 Å².